The molecule has 0 spiro atoms. The largest absolute Gasteiger partial charge is 0.299 e. The van der Waals surface area contributed by atoms with Crippen LogP contribution in [0.5, 0.6) is 0 Å². The molecule has 1 saturated heterocycles. The van der Waals surface area contributed by atoms with E-state index in [1.165, 1.54) is 24.2 Å². The second kappa shape index (κ2) is 9.29. The van der Waals surface area contributed by atoms with E-state index in [1.54, 1.807) is 12.3 Å². The highest BCUT2D eigenvalue weighted by Gasteiger charge is 2.17. The third-order valence-corrected chi connectivity index (χ3v) is 5.91. The zero-order valence-corrected chi connectivity index (χ0v) is 17.3. The Bertz CT molecular complexity index is 970. The number of nitrogens with one attached hydrogen (secondary N) is 1. The van der Waals surface area contributed by atoms with Crippen LogP contribution in [0.3, 0.4) is 0 Å². The van der Waals surface area contributed by atoms with Gasteiger partial charge in [-0.15, -0.1) is 11.3 Å². The van der Waals surface area contributed by atoms with Crippen molar-refractivity contribution < 1.29 is 4.39 Å². The highest BCUT2D eigenvalue weighted by atomic mass is 32.1. The van der Waals surface area contributed by atoms with E-state index < -0.39 is 0 Å². The fourth-order valence-electron chi connectivity index (χ4n) is 3.67. The number of piperidine rings is 1. The number of aromatic nitrogens is 1. The maximum atomic E-state index is 14.5. The first-order chi connectivity index (χ1) is 14.2. The Hall–Kier alpha value is -2.57. The smallest absolute Gasteiger partial charge is 0.203 e. The number of rotatable bonds is 6. The highest BCUT2D eigenvalue weighted by Crippen LogP contribution is 2.24. The van der Waals surface area contributed by atoms with Crippen molar-refractivity contribution in [2.75, 3.05) is 18.5 Å². The normalized spacial score (nSPS) is 17.7. The molecule has 150 valence electrons. The maximum absolute atomic E-state index is 14.5. The Morgan fingerprint density at radius 2 is 2.14 bits per heavy atom. The molecule has 1 unspecified atom stereocenters. The second-order valence-corrected chi connectivity index (χ2v) is 8.47. The van der Waals surface area contributed by atoms with Gasteiger partial charge in [-0.1, -0.05) is 49.4 Å². The summed E-state index contributed by atoms with van der Waals surface area (Å²) >= 11 is 1.49. The van der Waals surface area contributed by atoms with Crippen molar-refractivity contribution in [1.82, 2.24) is 9.88 Å². The summed E-state index contributed by atoms with van der Waals surface area (Å²) in [7, 11) is 0. The minimum absolute atomic E-state index is 0.173. The number of hydrogen-bond donors (Lipinski definition) is 1. The molecule has 1 aliphatic heterocycles. The average Bonchev–Trinajstić information content (AvgIpc) is 3.20. The van der Waals surface area contributed by atoms with Crippen LogP contribution in [0.4, 0.5) is 9.52 Å². The summed E-state index contributed by atoms with van der Waals surface area (Å²) < 4.78 is 14.5. The van der Waals surface area contributed by atoms with E-state index in [9.17, 15) is 4.39 Å². The molecule has 1 atom stereocenters. The molecule has 1 fully saturated rings. The Morgan fingerprint density at radius 1 is 1.28 bits per heavy atom. The van der Waals surface area contributed by atoms with Gasteiger partial charge in [0.2, 0.25) is 5.13 Å². The van der Waals surface area contributed by atoms with E-state index in [0.29, 0.717) is 17.6 Å². The molecule has 0 bridgehead atoms. The molecule has 2 aromatic carbocycles. The van der Waals surface area contributed by atoms with Crippen LogP contribution < -0.4 is 5.43 Å². The Labute approximate surface area is 175 Å². The van der Waals surface area contributed by atoms with Crippen molar-refractivity contribution in [3.05, 3.63) is 70.9 Å². The topological polar surface area (TPSA) is 40.5 Å². The number of hydrogen-bond acceptors (Lipinski definition) is 5. The van der Waals surface area contributed by atoms with Crippen LogP contribution in [0.15, 0.2) is 59.0 Å². The number of halogens is 1. The summed E-state index contributed by atoms with van der Waals surface area (Å²) in [6.07, 6.45) is 4.09. The molecule has 1 aliphatic rings. The second-order valence-electron chi connectivity index (χ2n) is 7.61. The molecule has 4 nitrogen and oxygen atoms in total. The molecule has 3 aromatic rings. The molecule has 4 rings (SSSR count). The molecule has 29 heavy (non-hydrogen) atoms. The molecule has 1 aromatic heterocycles. The monoisotopic (exact) mass is 408 g/mol. The SMILES string of the molecule is CC1CCCN(Cc2ccc(C=NNc3nc(-c4ccccc4)cs3)cc2F)C1. The lowest BCUT2D eigenvalue weighted by Gasteiger charge is -2.30. The number of benzene rings is 2. The third-order valence-electron chi connectivity index (χ3n) is 5.16. The first kappa shape index (κ1) is 19.7. The molecule has 2 heterocycles. The predicted molar refractivity (Wildman–Crippen MR) is 119 cm³/mol. The van der Waals surface area contributed by atoms with Crippen LogP contribution in [0.25, 0.3) is 11.3 Å². The van der Waals surface area contributed by atoms with Gasteiger partial charge < -0.3 is 0 Å². The van der Waals surface area contributed by atoms with Crippen LogP contribution in [0.1, 0.15) is 30.9 Å². The van der Waals surface area contributed by atoms with Gasteiger partial charge in [0.15, 0.2) is 0 Å². The van der Waals surface area contributed by atoms with E-state index in [-0.39, 0.29) is 5.82 Å². The summed E-state index contributed by atoms with van der Waals surface area (Å²) in [5, 5.41) is 6.91. The van der Waals surface area contributed by atoms with E-state index >= 15 is 0 Å². The van der Waals surface area contributed by atoms with Gasteiger partial charge in [0.1, 0.15) is 5.82 Å². The lowest BCUT2D eigenvalue weighted by Crippen LogP contribution is -2.33. The maximum Gasteiger partial charge on any atom is 0.203 e. The summed E-state index contributed by atoms with van der Waals surface area (Å²) in [5.41, 5.74) is 6.39. The van der Waals surface area contributed by atoms with E-state index in [0.717, 1.165) is 35.5 Å². The van der Waals surface area contributed by atoms with Crippen molar-refractivity contribution in [2.24, 2.45) is 11.0 Å². The number of likely N-dealkylation sites (tertiary alicyclic amines) is 1. The van der Waals surface area contributed by atoms with Gasteiger partial charge in [0.25, 0.3) is 0 Å². The van der Waals surface area contributed by atoms with Crippen LogP contribution >= 0.6 is 11.3 Å². The van der Waals surface area contributed by atoms with Crippen molar-refractivity contribution in [3.8, 4) is 11.3 Å². The molecule has 0 saturated carbocycles. The fourth-order valence-corrected chi connectivity index (χ4v) is 4.34. The van der Waals surface area contributed by atoms with Gasteiger partial charge in [-0.2, -0.15) is 5.10 Å². The predicted octanol–water partition coefficient (Wildman–Crippen LogP) is 5.63. The van der Waals surface area contributed by atoms with E-state index in [1.807, 2.05) is 47.8 Å². The van der Waals surface area contributed by atoms with Gasteiger partial charge in [0, 0.05) is 29.6 Å². The van der Waals surface area contributed by atoms with Crippen molar-refractivity contribution in [3.63, 3.8) is 0 Å². The van der Waals surface area contributed by atoms with Crippen LogP contribution in [-0.2, 0) is 6.54 Å². The summed E-state index contributed by atoms with van der Waals surface area (Å²) in [6, 6.07) is 15.3. The molecule has 0 aliphatic carbocycles. The van der Waals surface area contributed by atoms with Crippen LogP contribution in [-0.4, -0.2) is 29.2 Å². The minimum Gasteiger partial charge on any atom is -0.299 e. The highest BCUT2D eigenvalue weighted by molar-refractivity contribution is 7.14. The molecule has 1 N–H and O–H groups in total. The standard InChI is InChI=1S/C23H25FN4S/c1-17-6-5-11-28(14-17)15-20-10-9-18(12-21(20)24)13-25-27-23-26-22(16-29-23)19-7-3-2-4-8-19/h2-4,7-10,12-13,16-17H,5-6,11,14-15H2,1H3,(H,26,27). The first-order valence-corrected chi connectivity index (χ1v) is 10.9. The zero-order chi connectivity index (χ0) is 20.1. The summed E-state index contributed by atoms with van der Waals surface area (Å²) in [4.78, 5) is 6.87. The Balaban J connectivity index is 1.35. The van der Waals surface area contributed by atoms with Crippen molar-refractivity contribution in [2.45, 2.75) is 26.3 Å². The molecular formula is C23H25FN4S. The van der Waals surface area contributed by atoms with E-state index in [2.05, 4.69) is 27.3 Å². The van der Waals surface area contributed by atoms with Crippen LogP contribution in [0, 0.1) is 11.7 Å². The Morgan fingerprint density at radius 3 is 2.93 bits per heavy atom. The van der Waals surface area contributed by atoms with Gasteiger partial charge >= 0.3 is 0 Å². The lowest BCUT2D eigenvalue weighted by molar-refractivity contribution is 0.175. The summed E-state index contributed by atoms with van der Waals surface area (Å²) in [5.74, 6) is 0.519. The van der Waals surface area contributed by atoms with Gasteiger partial charge in [-0.05, 0) is 36.9 Å². The zero-order valence-electron chi connectivity index (χ0n) is 16.5. The van der Waals surface area contributed by atoms with Gasteiger partial charge in [-0.25, -0.2) is 9.37 Å². The minimum atomic E-state index is -0.173. The van der Waals surface area contributed by atoms with Crippen molar-refractivity contribution in [1.29, 1.82) is 0 Å². The quantitative estimate of drug-likeness (QED) is 0.425. The third kappa shape index (κ3) is 5.28. The fraction of sp³-hybridized carbons (Fsp3) is 0.304. The average molecular weight is 409 g/mol. The molecular weight excluding hydrogens is 383 g/mol. The van der Waals surface area contributed by atoms with Crippen molar-refractivity contribution >= 4 is 22.7 Å². The van der Waals surface area contributed by atoms with Gasteiger partial charge in [-0.3, -0.25) is 10.3 Å². The summed E-state index contributed by atoms with van der Waals surface area (Å²) in [6.45, 7) is 5.04. The lowest BCUT2D eigenvalue weighted by atomic mass is 9.99. The Kier molecular flexibility index (Phi) is 6.32. The number of nitrogens with zero attached hydrogens (tertiary/aromatic N) is 3. The number of anilines is 1. The number of thiazole rings is 1. The van der Waals surface area contributed by atoms with Crippen LogP contribution in [0.2, 0.25) is 0 Å². The molecule has 0 amide bonds. The first-order valence-electron chi connectivity index (χ1n) is 9.98. The molecule has 0 radical (unpaired) electrons. The number of hydrazone groups is 1. The van der Waals surface area contributed by atoms with E-state index in [4.69, 9.17) is 0 Å². The molecule has 6 heteroatoms. The van der Waals surface area contributed by atoms with Gasteiger partial charge in [0.05, 0.1) is 11.9 Å².